The van der Waals surface area contributed by atoms with Gasteiger partial charge in [0.05, 0.1) is 11.7 Å². The van der Waals surface area contributed by atoms with Gasteiger partial charge in [0.1, 0.15) is 0 Å². The molecule has 0 spiro atoms. The Bertz CT molecular complexity index is 391. The van der Waals surface area contributed by atoms with Gasteiger partial charge in [-0.2, -0.15) is 0 Å². The molecule has 4 nitrogen and oxygen atoms in total. The van der Waals surface area contributed by atoms with Crippen LogP contribution in [0, 0.1) is 0 Å². The Labute approximate surface area is 109 Å². The zero-order valence-corrected chi connectivity index (χ0v) is 11.5. The summed E-state index contributed by atoms with van der Waals surface area (Å²) in [7, 11) is 1.63. The summed E-state index contributed by atoms with van der Waals surface area (Å²) in [5.41, 5.74) is 1.52. The number of amides is 1. The van der Waals surface area contributed by atoms with E-state index in [2.05, 4.69) is 10.6 Å². The van der Waals surface area contributed by atoms with Gasteiger partial charge >= 0.3 is 0 Å². The third-order valence-electron chi connectivity index (χ3n) is 2.57. The molecule has 18 heavy (non-hydrogen) atoms. The summed E-state index contributed by atoms with van der Waals surface area (Å²) >= 11 is 0. The number of hydrogen-bond donors (Lipinski definition) is 2. The van der Waals surface area contributed by atoms with Crippen LogP contribution < -0.4 is 10.6 Å². The molecule has 1 aromatic carbocycles. The van der Waals surface area contributed by atoms with E-state index in [-0.39, 0.29) is 18.1 Å². The van der Waals surface area contributed by atoms with E-state index in [0.717, 1.165) is 5.69 Å². The molecule has 0 heterocycles. The first-order chi connectivity index (χ1) is 8.54. The second-order valence-corrected chi connectivity index (χ2v) is 4.60. The number of ether oxygens (including phenoxy) is 1. The summed E-state index contributed by atoms with van der Waals surface area (Å²) in [5.74, 6) is -0.0809. The smallest absolute Gasteiger partial charge is 0.253 e. The average molecular weight is 250 g/mol. The summed E-state index contributed by atoms with van der Waals surface area (Å²) in [4.78, 5) is 12.1. The molecule has 0 bridgehead atoms. The maximum atomic E-state index is 12.1. The van der Waals surface area contributed by atoms with Crippen molar-refractivity contribution in [3.63, 3.8) is 0 Å². The molecule has 4 heteroatoms. The normalized spacial score (nSPS) is 12.3. The molecule has 1 rings (SSSR count). The molecule has 1 unspecified atom stereocenters. The number of para-hydroxylation sites is 1. The summed E-state index contributed by atoms with van der Waals surface area (Å²) in [6, 6.07) is 7.79. The van der Waals surface area contributed by atoms with Gasteiger partial charge in [0.2, 0.25) is 0 Å². The van der Waals surface area contributed by atoms with Crippen LogP contribution in [0.5, 0.6) is 0 Å². The summed E-state index contributed by atoms with van der Waals surface area (Å²) in [6.07, 6.45) is 0.0131. The Morgan fingerprint density at radius 3 is 2.56 bits per heavy atom. The number of anilines is 1. The number of hydrogen-bond acceptors (Lipinski definition) is 3. The largest absolute Gasteiger partial charge is 0.382 e. The monoisotopic (exact) mass is 250 g/mol. The highest BCUT2D eigenvalue weighted by atomic mass is 16.5. The molecule has 1 amide bonds. The van der Waals surface area contributed by atoms with E-state index in [1.807, 2.05) is 45.0 Å². The van der Waals surface area contributed by atoms with Gasteiger partial charge in [0.25, 0.3) is 5.91 Å². The molecule has 1 atom stereocenters. The quantitative estimate of drug-likeness (QED) is 0.814. The van der Waals surface area contributed by atoms with E-state index in [1.165, 1.54) is 0 Å². The van der Waals surface area contributed by atoms with Crippen LogP contribution in [0.2, 0.25) is 0 Å². The molecule has 100 valence electrons. The number of methoxy groups -OCH3 is 1. The van der Waals surface area contributed by atoms with Gasteiger partial charge in [-0.1, -0.05) is 12.1 Å². The second-order valence-electron chi connectivity index (χ2n) is 4.60. The van der Waals surface area contributed by atoms with Crippen LogP contribution in [0.1, 0.15) is 31.1 Å². The van der Waals surface area contributed by atoms with Crippen LogP contribution in [0.15, 0.2) is 24.3 Å². The SMILES string of the molecule is COC(C)CNC(=O)c1ccccc1NC(C)C. The highest BCUT2D eigenvalue weighted by molar-refractivity contribution is 5.99. The van der Waals surface area contributed by atoms with Crippen molar-refractivity contribution in [3.05, 3.63) is 29.8 Å². The molecule has 0 fully saturated rings. The zero-order chi connectivity index (χ0) is 13.5. The summed E-state index contributed by atoms with van der Waals surface area (Å²) in [6.45, 7) is 6.51. The molecule has 0 radical (unpaired) electrons. The van der Waals surface area contributed by atoms with Crippen molar-refractivity contribution in [3.8, 4) is 0 Å². The third kappa shape index (κ3) is 4.37. The van der Waals surface area contributed by atoms with Crippen LogP contribution in [0.3, 0.4) is 0 Å². The van der Waals surface area contributed by atoms with Gasteiger partial charge in [0, 0.05) is 25.4 Å². The molecular formula is C14H22N2O2. The van der Waals surface area contributed by atoms with Crippen molar-refractivity contribution in [2.45, 2.75) is 32.9 Å². The first kappa shape index (κ1) is 14.5. The molecular weight excluding hydrogens is 228 g/mol. The van der Waals surface area contributed by atoms with Gasteiger partial charge < -0.3 is 15.4 Å². The predicted molar refractivity (Wildman–Crippen MR) is 74.0 cm³/mol. The number of rotatable bonds is 6. The summed E-state index contributed by atoms with van der Waals surface area (Å²) < 4.78 is 5.10. The fourth-order valence-corrected chi connectivity index (χ4v) is 1.53. The van der Waals surface area contributed by atoms with Crippen molar-refractivity contribution in [2.24, 2.45) is 0 Å². The van der Waals surface area contributed by atoms with Gasteiger partial charge in [-0.15, -0.1) is 0 Å². The maximum absolute atomic E-state index is 12.1. The highest BCUT2D eigenvalue weighted by Gasteiger charge is 2.12. The number of nitrogens with one attached hydrogen (secondary N) is 2. The maximum Gasteiger partial charge on any atom is 0.253 e. The van der Waals surface area contributed by atoms with Gasteiger partial charge in [-0.25, -0.2) is 0 Å². The topological polar surface area (TPSA) is 50.4 Å². The Morgan fingerprint density at radius 2 is 1.94 bits per heavy atom. The predicted octanol–water partition coefficient (Wildman–Crippen LogP) is 2.27. The average Bonchev–Trinajstić information content (AvgIpc) is 2.35. The van der Waals surface area contributed by atoms with Crippen molar-refractivity contribution in [1.29, 1.82) is 0 Å². The Balaban J connectivity index is 2.72. The molecule has 0 aliphatic carbocycles. The van der Waals surface area contributed by atoms with E-state index in [0.29, 0.717) is 12.1 Å². The van der Waals surface area contributed by atoms with E-state index in [9.17, 15) is 4.79 Å². The number of carbonyl (C=O) groups excluding carboxylic acids is 1. The van der Waals surface area contributed by atoms with E-state index in [1.54, 1.807) is 7.11 Å². The van der Waals surface area contributed by atoms with Crippen molar-refractivity contribution in [1.82, 2.24) is 5.32 Å². The van der Waals surface area contributed by atoms with Crippen LogP contribution in [0.4, 0.5) is 5.69 Å². The van der Waals surface area contributed by atoms with Gasteiger partial charge in [-0.05, 0) is 32.9 Å². The minimum atomic E-state index is -0.0809. The van der Waals surface area contributed by atoms with E-state index < -0.39 is 0 Å². The fraction of sp³-hybridized carbons (Fsp3) is 0.500. The first-order valence-corrected chi connectivity index (χ1v) is 6.21. The lowest BCUT2D eigenvalue weighted by molar-refractivity contribution is 0.0871. The van der Waals surface area contributed by atoms with Gasteiger partial charge in [-0.3, -0.25) is 4.79 Å². The van der Waals surface area contributed by atoms with Crippen LogP contribution >= 0.6 is 0 Å². The molecule has 0 saturated heterocycles. The molecule has 0 aliphatic rings. The number of benzene rings is 1. The van der Waals surface area contributed by atoms with E-state index in [4.69, 9.17) is 4.74 Å². The van der Waals surface area contributed by atoms with Crippen molar-refractivity contribution >= 4 is 11.6 Å². The van der Waals surface area contributed by atoms with Gasteiger partial charge in [0.15, 0.2) is 0 Å². The lowest BCUT2D eigenvalue weighted by Gasteiger charge is -2.15. The Hall–Kier alpha value is -1.55. The molecule has 1 aromatic rings. The third-order valence-corrected chi connectivity index (χ3v) is 2.57. The number of carbonyl (C=O) groups is 1. The second kappa shape index (κ2) is 7.01. The zero-order valence-electron chi connectivity index (χ0n) is 11.5. The van der Waals surface area contributed by atoms with Crippen molar-refractivity contribution in [2.75, 3.05) is 19.0 Å². The van der Waals surface area contributed by atoms with Crippen LogP contribution in [-0.4, -0.2) is 31.7 Å². The standard InChI is InChI=1S/C14H22N2O2/c1-10(2)16-13-8-6-5-7-12(13)14(17)15-9-11(3)18-4/h5-8,10-11,16H,9H2,1-4H3,(H,15,17). The van der Waals surface area contributed by atoms with Crippen LogP contribution in [-0.2, 0) is 4.74 Å². The Morgan fingerprint density at radius 1 is 1.28 bits per heavy atom. The molecule has 0 saturated carbocycles. The van der Waals surface area contributed by atoms with E-state index >= 15 is 0 Å². The lowest BCUT2D eigenvalue weighted by atomic mass is 10.1. The highest BCUT2D eigenvalue weighted by Crippen LogP contribution is 2.15. The van der Waals surface area contributed by atoms with Crippen molar-refractivity contribution < 1.29 is 9.53 Å². The lowest BCUT2D eigenvalue weighted by Crippen LogP contribution is -2.32. The molecule has 0 aromatic heterocycles. The molecule has 2 N–H and O–H groups in total. The fourth-order valence-electron chi connectivity index (χ4n) is 1.53. The minimum absolute atomic E-state index is 0.0131. The minimum Gasteiger partial charge on any atom is -0.382 e. The molecule has 0 aliphatic heterocycles. The first-order valence-electron chi connectivity index (χ1n) is 6.21. The summed E-state index contributed by atoms with van der Waals surface area (Å²) in [5, 5.41) is 6.12. The van der Waals surface area contributed by atoms with Crippen LogP contribution in [0.25, 0.3) is 0 Å². The Kier molecular flexibility index (Phi) is 5.65.